The number of carbonyl (C=O) groups is 2. The van der Waals surface area contributed by atoms with Crippen molar-refractivity contribution in [3.05, 3.63) is 22.7 Å². The van der Waals surface area contributed by atoms with Gasteiger partial charge in [-0.05, 0) is 31.0 Å². The number of rotatable bonds is 6. The van der Waals surface area contributed by atoms with Crippen LogP contribution in [0, 0.1) is 0 Å². The zero-order valence-electron chi connectivity index (χ0n) is 11.1. The van der Waals surface area contributed by atoms with Crippen molar-refractivity contribution in [1.29, 1.82) is 0 Å². The first-order chi connectivity index (χ1) is 9.06. The van der Waals surface area contributed by atoms with Crippen LogP contribution >= 0.6 is 15.9 Å². The second-order valence-corrected chi connectivity index (χ2v) is 4.95. The van der Waals surface area contributed by atoms with Crippen molar-refractivity contribution in [1.82, 2.24) is 0 Å². The van der Waals surface area contributed by atoms with Crippen LogP contribution in [0.25, 0.3) is 0 Å². The average molecular weight is 329 g/mol. The Morgan fingerprint density at radius 2 is 1.53 bits per heavy atom. The zero-order chi connectivity index (χ0) is 14.3. The maximum atomic E-state index is 11.5. The molecule has 0 atom stereocenters. The number of hydrogen-bond acceptors (Lipinski definition) is 4. The Hall–Kier alpha value is -1.36. The lowest BCUT2D eigenvalue weighted by Crippen LogP contribution is -2.11. The maximum Gasteiger partial charge on any atom is 0.311 e. The van der Waals surface area contributed by atoms with E-state index < -0.39 is 0 Å². The minimum absolute atomic E-state index is 0.261. The van der Waals surface area contributed by atoms with Gasteiger partial charge in [0.15, 0.2) is 11.5 Å². The topological polar surface area (TPSA) is 52.6 Å². The highest BCUT2D eigenvalue weighted by Gasteiger charge is 2.13. The number of ether oxygens (including phenoxy) is 2. The van der Waals surface area contributed by atoms with Crippen LogP contribution in [-0.4, -0.2) is 11.9 Å². The molecule has 0 amide bonds. The summed E-state index contributed by atoms with van der Waals surface area (Å²) in [6, 6.07) is 4.94. The minimum Gasteiger partial charge on any atom is -0.423 e. The van der Waals surface area contributed by atoms with Gasteiger partial charge >= 0.3 is 11.9 Å². The van der Waals surface area contributed by atoms with Crippen LogP contribution in [0.3, 0.4) is 0 Å². The lowest BCUT2D eigenvalue weighted by atomic mass is 10.3. The molecule has 1 aromatic carbocycles. The summed E-state index contributed by atoms with van der Waals surface area (Å²) in [6.45, 7) is 3.79. The Morgan fingerprint density at radius 3 is 2.05 bits per heavy atom. The Morgan fingerprint density at radius 1 is 1.00 bits per heavy atom. The quantitative estimate of drug-likeness (QED) is 0.587. The van der Waals surface area contributed by atoms with E-state index in [-0.39, 0.29) is 23.4 Å². The van der Waals surface area contributed by atoms with Gasteiger partial charge < -0.3 is 9.47 Å². The molecule has 5 heteroatoms. The van der Waals surface area contributed by atoms with Gasteiger partial charge in [0.05, 0.1) is 0 Å². The summed E-state index contributed by atoms with van der Waals surface area (Å²) in [6.07, 6.45) is 2.07. The molecule has 4 nitrogen and oxygen atoms in total. The van der Waals surface area contributed by atoms with Crippen LogP contribution < -0.4 is 9.47 Å². The van der Waals surface area contributed by atoms with Crippen molar-refractivity contribution in [3.8, 4) is 11.5 Å². The molecule has 0 radical (unpaired) electrons. The molecule has 0 saturated heterocycles. The second-order valence-electron chi connectivity index (χ2n) is 4.04. The molecule has 0 aliphatic rings. The molecule has 1 aromatic rings. The Balaban J connectivity index is 2.85. The van der Waals surface area contributed by atoms with Crippen LogP contribution in [0.4, 0.5) is 0 Å². The molecular weight excluding hydrogens is 312 g/mol. The maximum absolute atomic E-state index is 11.5. The van der Waals surface area contributed by atoms with Crippen LogP contribution in [0.5, 0.6) is 11.5 Å². The van der Waals surface area contributed by atoms with Gasteiger partial charge in [0, 0.05) is 17.3 Å². The van der Waals surface area contributed by atoms with Crippen molar-refractivity contribution < 1.29 is 19.1 Å². The molecule has 0 aromatic heterocycles. The standard InChI is InChI=1S/C14H17BrO4/c1-3-5-13(16)18-11-8-7-10(15)9-12(11)19-14(17)6-4-2/h7-9H,3-6H2,1-2H3. The summed E-state index contributed by atoms with van der Waals surface area (Å²) in [7, 11) is 0. The summed E-state index contributed by atoms with van der Waals surface area (Å²) in [5, 5.41) is 0. The van der Waals surface area contributed by atoms with Gasteiger partial charge in [-0.1, -0.05) is 29.8 Å². The molecule has 0 spiro atoms. The normalized spacial score (nSPS) is 10.1. The van der Waals surface area contributed by atoms with E-state index in [1.807, 2.05) is 13.8 Å². The summed E-state index contributed by atoms with van der Waals surface area (Å²) in [4.78, 5) is 23.0. The second kappa shape index (κ2) is 7.94. The molecule has 0 aliphatic heterocycles. The van der Waals surface area contributed by atoms with Crippen LogP contribution in [0.2, 0.25) is 0 Å². The van der Waals surface area contributed by atoms with Gasteiger partial charge in [0.25, 0.3) is 0 Å². The van der Waals surface area contributed by atoms with E-state index in [1.54, 1.807) is 18.2 Å². The van der Waals surface area contributed by atoms with Crippen molar-refractivity contribution >= 4 is 27.9 Å². The van der Waals surface area contributed by atoms with Gasteiger partial charge in [0.1, 0.15) is 0 Å². The Labute approximate surface area is 121 Å². The molecule has 0 saturated carbocycles. The minimum atomic E-state index is -0.339. The number of carbonyl (C=O) groups excluding carboxylic acids is 2. The van der Waals surface area contributed by atoms with E-state index in [0.29, 0.717) is 25.7 Å². The van der Waals surface area contributed by atoms with E-state index >= 15 is 0 Å². The first kappa shape index (κ1) is 15.7. The first-order valence-electron chi connectivity index (χ1n) is 6.27. The SMILES string of the molecule is CCCC(=O)Oc1ccc(Br)cc1OC(=O)CCC. The highest BCUT2D eigenvalue weighted by molar-refractivity contribution is 9.10. The van der Waals surface area contributed by atoms with E-state index in [1.165, 1.54) is 0 Å². The molecule has 0 bridgehead atoms. The molecule has 0 fully saturated rings. The lowest BCUT2D eigenvalue weighted by molar-refractivity contribution is -0.137. The molecule has 104 valence electrons. The lowest BCUT2D eigenvalue weighted by Gasteiger charge is -2.10. The third kappa shape index (κ3) is 5.42. The predicted octanol–water partition coefficient (Wildman–Crippen LogP) is 3.86. The van der Waals surface area contributed by atoms with E-state index in [9.17, 15) is 9.59 Å². The largest absolute Gasteiger partial charge is 0.423 e. The average Bonchev–Trinajstić information content (AvgIpc) is 2.33. The summed E-state index contributed by atoms with van der Waals surface area (Å²) in [5.41, 5.74) is 0. The molecular formula is C14H17BrO4. The first-order valence-corrected chi connectivity index (χ1v) is 7.07. The zero-order valence-corrected chi connectivity index (χ0v) is 12.7. The third-order valence-corrected chi connectivity index (χ3v) is 2.75. The summed E-state index contributed by atoms with van der Waals surface area (Å²) in [5.74, 6) is -0.144. The monoisotopic (exact) mass is 328 g/mol. The highest BCUT2D eigenvalue weighted by Crippen LogP contribution is 2.31. The number of hydrogen-bond donors (Lipinski definition) is 0. The molecule has 0 aliphatic carbocycles. The third-order valence-electron chi connectivity index (χ3n) is 2.26. The fourth-order valence-electron chi connectivity index (χ4n) is 1.40. The fourth-order valence-corrected chi connectivity index (χ4v) is 1.74. The van der Waals surface area contributed by atoms with Crippen LogP contribution in [-0.2, 0) is 9.59 Å². The van der Waals surface area contributed by atoms with Gasteiger partial charge in [-0.25, -0.2) is 0 Å². The van der Waals surface area contributed by atoms with Crippen molar-refractivity contribution in [3.63, 3.8) is 0 Å². The molecule has 0 N–H and O–H groups in total. The van der Waals surface area contributed by atoms with E-state index in [2.05, 4.69) is 15.9 Å². The van der Waals surface area contributed by atoms with Gasteiger partial charge in [0.2, 0.25) is 0 Å². The highest BCUT2D eigenvalue weighted by atomic mass is 79.9. The van der Waals surface area contributed by atoms with Crippen molar-refractivity contribution in [2.24, 2.45) is 0 Å². The van der Waals surface area contributed by atoms with Crippen molar-refractivity contribution in [2.75, 3.05) is 0 Å². The van der Waals surface area contributed by atoms with E-state index in [0.717, 1.165) is 4.47 Å². The number of halogens is 1. The molecule has 0 unspecified atom stereocenters. The predicted molar refractivity (Wildman–Crippen MR) is 75.2 cm³/mol. The summed E-state index contributed by atoms with van der Waals surface area (Å²) < 4.78 is 11.1. The van der Waals surface area contributed by atoms with Gasteiger partial charge in [-0.15, -0.1) is 0 Å². The summed E-state index contributed by atoms with van der Waals surface area (Å²) >= 11 is 3.29. The van der Waals surface area contributed by atoms with Crippen LogP contribution in [0.15, 0.2) is 22.7 Å². The Bertz CT molecular complexity index is 457. The van der Waals surface area contributed by atoms with Gasteiger partial charge in [-0.3, -0.25) is 9.59 Å². The molecule has 1 rings (SSSR count). The fraction of sp³-hybridized carbons (Fsp3) is 0.429. The smallest absolute Gasteiger partial charge is 0.311 e. The van der Waals surface area contributed by atoms with Gasteiger partial charge in [-0.2, -0.15) is 0 Å². The number of esters is 2. The number of benzene rings is 1. The molecule has 0 heterocycles. The Kier molecular flexibility index (Phi) is 6.56. The van der Waals surface area contributed by atoms with E-state index in [4.69, 9.17) is 9.47 Å². The van der Waals surface area contributed by atoms with Crippen molar-refractivity contribution in [2.45, 2.75) is 39.5 Å². The van der Waals surface area contributed by atoms with Crippen LogP contribution in [0.1, 0.15) is 39.5 Å². The molecule has 19 heavy (non-hydrogen) atoms.